The maximum atomic E-state index is 6.33. The third-order valence-corrected chi connectivity index (χ3v) is 8.62. The lowest BCUT2D eigenvalue weighted by molar-refractivity contribution is 0.109. The van der Waals surface area contributed by atoms with Crippen LogP contribution in [0, 0.1) is 43.4 Å². The zero-order chi connectivity index (χ0) is 18.4. The van der Waals surface area contributed by atoms with Gasteiger partial charge in [-0.2, -0.15) is 0 Å². The van der Waals surface area contributed by atoms with E-state index in [1.807, 2.05) is 0 Å². The van der Waals surface area contributed by atoms with E-state index < -0.39 is 0 Å². The van der Waals surface area contributed by atoms with Gasteiger partial charge in [0.05, 0.1) is 0 Å². The number of nitrogen functional groups attached to an aromatic ring is 1. The van der Waals surface area contributed by atoms with Crippen molar-refractivity contribution in [2.24, 2.45) is 29.6 Å². The van der Waals surface area contributed by atoms with Crippen molar-refractivity contribution in [3.8, 4) is 0 Å². The number of fused-ring (bicyclic) bond motifs is 3. The van der Waals surface area contributed by atoms with Gasteiger partial charge in [0.15, 0.2) is 0 Å². The first-order chi connectivity index (χ1) is 12.5. The molecule has 3 atom stereocenters. The van der Waals surface area contributed by atoms with E-state index in [2.05, 4.69) is 33.8 Å². The van der Waals surface area contributed by atoms with Gasteiger partial charge in [0.25, 0.3) is 0 Å². The lowest BCUT2D eigenvalue weighted by Gasteiger charge is -2.45. The van der Waals surface area contributed by atoms with Crippen molar-refractivity contribution < 1.29 is 0 Å². The van der Waals surface area contributed by atoms with E-state index in [4.69, 9.17) is 5.73 Å². The quantitative estimate of drug-likeness (QED) is 0.582. The number of hydrogen-bond donors (Lipinski definition) is 1. The number of benzene rings is 1. The molecule has 0 radical (unpaired) electrons. The van der Waals surface area contributed by atoms with Crippen LogP contribution in [-0.2, 0) is 6.42 Å². The summed E-state index contributed by atoms with van der Waals surface area (Å²) in [7, 11) is 0. The summed E-state index contributed by atoms with van der Waals surface area (Å²) in [5.41, 5.74) is 13.3. The summed E-state index contributed by atoms with van der Waals surface area (Å²) in [5, 5.41) is 0. The van der Waals surface area contributed by atoms with Crippen molar-refractivity contribution in [3.63, 3.8) is 0 Å². The molecular weight excluding hydrogens is 314 g/mol. The van der Waals surface area contributed by atoms with Gasteiger partial charge in [-0.3, -0.25) is 0 Å². The molecule has 3 aliphatic carbocycles. The van der Waals surface area contributed by atoms with Crippen LogP contribution in [0.15, 0.2) is 6.07 Å². The van der Waals surface area contributed by atoms with E-state index in [-0.39, 0.29) is 0 Å². The van der Waals surface area contributed by atoms with Crippen molar-refractivity contribution in [1.82, 2.24) is 0 Å². The molecule has 3 aliphatic rings. The van der Waals surface area contributed by atoms with Crippen LogP contribution in [0.3, 0.4) is 0 Å². The van der Waals surface area contributed by atoms with E-state index in [1.165, 1.54) is 68.9 Å². The average molecular weight is 354 g/mol. The molecule has 0 aliphatic heterocycles. The molecule has 1 nitrogen and oxygen atoms in total. The molecule has 4 rings (SSSR count). The Morgan fingerprint density at radius 2 is 1.58 bits per heavy atom. The largest absolute Gasteiger partial charge is 0.398 e. The van der Waals surface area contributed by atoms with Crippen LogP contribution in [0.5, 0.6) is 0 Å². The highest BCUT2D eigenvalue weighted by Crippen LogP contribution is 2.52. The molecule has 0 aromatic heterocycles. The topological polar surface area (TPSA) is 26.0 Å². The molecule has 26 heavy (non-hydrogen) atoms. The highest BCUT2D eigenvalue weighted by atomic mass is 14.6. The lowest BCUT2D eigenvalue weighted by Crippen LogP contribution is -2.33. The normalized spacial score (nSPS) is 34.4. The third kappa shape index (κ3) is 3.20. The Morgan fingerprint density at radius 3 is 2.27 bits per heavy atom. The molecule has 3 unspecified atom stereocenters. The molecule has 0 spiro atoms. The second kappa shape index (κ2) is 7.21. The SMILES string of the molecule is Cc1cc2c(c(C)c1N)CCC1CC(C3CCC(C(C)C)CC3)CCC21. The number of rotatable bonds is 2. The Bertz CT molecular complexity index is 651. The minimum atomic E-state index is 0.819. The van der Waals surface area contributed by atoms with Crippen LogP contribution in [-0.4, -0.2) is 0 Å². The first-order valence-electron chi connectivity index (χ1n) is 11.3. The number of nitrogens with two attached hydrogens (primary N) is 1. The smallest absolute Gasteiger partial charge is 0.0376 e. The molecule has 1 aromatic rings. The molecule has 2 N–H and O–H groups in total. The lowest BCUT2D eigenvalue weighted by atomic mass is 9.60. The van der Waals surface area contributed by atoms with Gasteiger partial charge < -0.3 is 5.73 Å². The van der Waals surface area contributed by atoms with Gasteiger partial charge in [0.1, 0.15) is 0 Å². The maximum Gasteiger partial charge on any atom is 0.0376 e. The summed E-state index contributed by atoms with van der Waals surface area (Å²) >= 11 is 0. The van der Waals surface area contributed by atoms with Crippen molar-refractivity contribution in [3.05, 3.63) is 28.3 Å². The van der Waals surface area contributed by atoms with Crippen LogP contribution in [0.25, 0.3) is 0 Å². The van der Waals surface area contributed by atoms with Gasteiger partial charge >= 0.3 is 0 Å². The fraction of sp³-hybridized carbons (Fsp3) is 0.760. The van der Waals surface area contributed by atoms with Gasteiger partial charge in [-0.25, -0.2) is 0 Å². The second-order valence-corrected chi connectivity index (χ2v) is 10.2. The van der Waals surface area contributed by atoms with Gasteiger partial charge in [-0.1, -0.05) is 19.9 Å². The zero-order valence-corrected chi connectivity index (χ0v) is 17.5. The predicted molar refractivity (Wildman–Crippen MR) is 113 cm³/mol. The highest BCUT2D eigenvalue weighted by Gasteiger charge is 2.39. The van der Waals surface area contributed by atoms with E-state index in [0.717, 1.165) is 41.2 Å². The van der Waals surface area contributed by atoms with Gasteiger partial charge in [-0.15, -0.1) is 0 Å². The van der Waals surface area contributed by atoms with E-state index in [0.29, 0.717) is 0 Å². The van der Waals surface area contributed by atoms with Crippen molar-refractivity contribution in [2.45, 2.75) is 91.4 Å². The molecule has 0 saturated heterocycles. The molecule has 2 saturated carbocycles. The summed E-state index contributed by atoms with van der Waals surface area (Å²) in [6.45, 7) is 9.30. The second-order valence-electron chi connectivity index (χ2n) is 10.2. The van der Waals surface area contributed by atoms with Crippen molar-refractivity contribution >= 4 is 5.69 Å². The molecule has 2 fully saturated rings. The minimum Gasteiger partial charge on any atom is -0.398 e. The first-order valence-corrected chi connectivity index (χ1v) is 11.3. The summed E-state index contributed by atoms with van der Waals surface area (Å²) in [4.78, 5) is 0. The van der Waals surface area contributed by atoms with E-state index in [9.17, 15) is 0 Å². The van der Waals surface area contributed by atoms with Crippen LogP contribution in [0.4, 0.5) is 5.69 Å². The monoisotopic (exact) mass is 353 g/mol. The van der Waals surface area contributed by atoms with Gasteiger partial charge in [0.2, 0.25) is 0 Å². The molecule has 144 valence electrons. The fourth-order valence-electron chi connectivity index (χ4n) is 6.81. The average Bonchev–Trinajstić information content (AvgIpc) is 2.65. The Balaban J connectivity index is 1.45. The summed E-state index contributed by atoms with van der Waals surface area (Å²) in [5.74, 6) is 5.69. The Morgan fingerprint density at radius 1 is 0.885 bits per heavy atom. The molecule has 0 bridgehead atoms. The predicted octanol–water partition coefficient (Wildman–Crippen LogP) is 6.79. The maximum absolute atomic E-state index is 6.33. The summed E-state index contributed by atoms with van der Waals surface area (Å²) in [6, 6.07) is 2.45. The number of anilines is 1. The van der Waals surface area contributed by atoms with Crippen LogP contribution < -0.4 is 5.73 Å². The van der Waals surface area contributed by atoms with Crippen LogP contribution in [0.1, 0.15) is 93.4 Å². The van der Waals surface area contributed by atoms with Crippen molar-refractivity contribution in [1.29, 1.82) is 0 Å². The van der Waals surface area contributed by atoms with E-state index >= 15 is 0 Å². The van der Waals surface area contributed by atoms with E-state index in [1.54, 1.807) is 11.1 Å². The van der Waals surface area contributed by atoms with Crippen molar-refractivity contribution in [2.75, 3.05) is 5.73 Å². The highest BCUT2D eigenvalue weighted by molar-refractivity contribution is 5.60. The molecule has 1 heteroatoms. The number of aryl methyl sites for hydroxylation is 1. The van der Waals surface area contributed by atoms with Crippen LogP contribution >= 0.6 is 0 Å². The fourth-order valence-corrected chi connectivity index (χ4v) is 6.81. The molecule has 1 aromatic carbocycles. The summed E-state index contributed by atoms with van der Waals surface area (Å²) < 4.78 is 0. The Hall–Kier alpha value is -0.980. The molecule has 0 heterocycles. The van der Waals surface area contributed by atoms with Gasteiger partial charge in [0, 0.05) is 5.69 Å². The first kappa shape index (κ1) is 18.4. The molecule has 0 amide bonds. The minimum absolute atomic E-state index is 0.819. The Kier molecular flexibility index (Phi) is 5.10. The molecular formula is C25H39N. The van der Waals surface area contributed by atoms with Crippen LogP contribution in [0.2, 0.25) is 0 Å². The third-order valence-electron chi connectivity index (χ3n) is 8.62. The Labute approximate surface area is 161 Å². The van der Waals surface area contributed by atoms with Gasteiger partial charge in [-0.05, 0) is 129 Å². The summed E-state index contributed by atoms with van der Waals surface area (Å²) in [6.07, 6.45) is 13.1. The zero-order valence-electron chi connectivity index (χ0n) is 17.5. The number of hydrogen-bond acceptors (Lipinski definition) is 1. The standard InChI is InChI=1S/C25H39N/c1-15(2)18-5-7-19(8-6-18)20-9-12-23-21(14-20)10-11-22-17(4)25(26)16(3)13-24(22)23/h13,15,18-21,23H,5-12,14,26H2,1-4H3.